The van der Waals surface area contributed by atoms with Gasteiger partial charge >= 0.3 is 0 Å². The van der Waals surface area contributed by atoms with Gasteiger partial charge in [0.05, 0.1) is 6.10 Å². The Labute approximate surface area is 127 Å². The predicted octanol–water partition coefficient (Wildman–Crippen LogP) is 3.55. The van der Waals surface area contributed by atoms with Crippen LogP contribution in [0.25, 0.3) is 0 Å². The Morgan fingerprint density at radius 2 is 1.29 bits per heavy atom. The molecule has 112 valence electrons. The molecule has 0 saturated carbocycles. The van der Waals surface area contributed by atoms with E-state index in [0.717, 1.165) is 17.5 Å². The van der Waals surface area contributed by atoms with Crippen molar-refractivity contribution >= 4 is 0 Å². The van der Waals surface area contributed by atoms with E-state index in [0.29, 0.717) is 5.92 Å². The highest BCUT2D eigenvalue weighted by Gasteiger charge is 2.28. The first-order chi connectivity index (χ1) is 10.1. The Morgan fingerprint density at radius 3 is 1.67 bits per heavy atom. The molecule has 0 heterocycles. The second-order valence-corrected chi connectivity index (χ2v) is 6.08. The molecule has 2 rings (SSSR count). The maximum absolute atomic E-state index is 10.8. The maximum atomic E-state index is 10.8. The molecule has 0 amide bonds. The second kappa shape index (κ2) is 7.39. The van der Waals surface area contributed by atoms with Crippen LogP contribution in [-0.4, -0.2) is 17.3 Å². The minimum absolute atomic E-state index is 0.0823. The molecule has 0 spiro atoms. The monoisotopic (exact) mass is 283 g/mol. The molecule has 2 atom stereocenters. The van der Waals surface area contributed by atoms with E-state index in [-0.39, 0.29) is 12.0 Å². The van der Waals surface area contributed by atoms with Gasteiger partial charge in [-0.1, -0.05) is 74.5 Å². The van der Waals surface area contributed by atoms with Crippen LogP contribution in [0.4, 0.5) is 0 Å². The first kappa shape index (κ1) is 15.7. The number of nitrogens with two attached hydrogens (primary N) is 1. The molecule has 2 aromatic rings. The number of hydrogen-bond acceptors (Lipinski definition) is 2. The molecule has 2 heteroatoms. The molecule has 0 aromatic heterocycles. The number of aliphatic hydroxyl groups is 1. The average molecular weight is 283 g/mol. The zero-order valence-corrected chi connectivity index (χ0v) is 12.8. The van der Waals surface area contributed by atoms with E-state index < -0.39 is 6.10 Å². The van der Waals surface area contributed by atoms with Gasteiger partial charge in [0.15, 0.2) is 0 Å². The molecule has 2 aromatic carbocycles. The highest BCUT2D eigenvalue weighted by atomic mass is 16.3. The lowest BCUT2D eigenvalue weighted by Gasteiger charge is -2.29. The van der Waals surface area contributed by atoms with Gasteiger partial charge in [0, 0.05) is 12.0 Å². The minimum Gasteiger partial charge on any atom is -0.391 e. The molecule has 3 N–H and O–H groups in total. The molecule has 0 bridgehead atoms. The zero-order chi connectivity index (χ0) is 15.2. The normalized spacial score (nSPS) is 14.4. The van der Waals surface area contributed by atoms with Crippen molar-refractivity contribution in [2.75, 3.05) is 0 Å². The molecule has 0 aliphatic rings. The molecule has 0 saturated heterocycles. The van der Waals surface area contributed by atoms with Gasteiger partial charge < -0.3 is 10.8 Å². The van der Waals surface area contributed by atoms with Gasteiger partial charge in [0.25, 0.3) is 0 Å². The van der Waals surface area contributed by atoms with Crippen molar-refractivity contribution in [1.29, 1.82) is 0 Å². The van der Waals surface area contributed by atoms with E-state index in [1.54, 1.807) is 0 Å². The molecule has 21 heavy (non-hydrogen) atoms. The number of aliphatic hydroxyl groups excluding tert-OH is 1. The van der Waals surface area contributed by atoms with Gasteiger partial charge in [-0.25, -0.2) is 0 Å². The first-order valence-electron chi connectivity index (χ1n) is 7.63. The van der Waals surface area contributed by atoms with Crippen LogP contribution in [0, 0.1) is 5.92 Å². The summed E-state index contributed by atoms with van der Waals surface area (Å²) in [5.41, 5.74) is 8.46. The molecule has 0 aliphatic heterocycles. The quantitative estimate of drug-likeness (QED) is 0.851. The summed E-state index contributed by atoms with van der Waals surface area (Å²) in [7, 11) is 0. The van der Waals surface area contributed by atoms with Crippen LogP contribution >= 0.6 is 0 Å². The van der Waals surface area contributed by atoms with Crippen molar-refractivity contribution in [2.24, 2.45) is 11.7 Å². The van der Waals surface area contributed by atoms with Crippen molar-refractivity contribution in [3.05, 3.63) is 71.8 Å². The summed E-state index contributed by atoms with van der Waals surface area (Å²) in [5.74, 6) is 0.392. The van der Waals surface area contributed by atoms with E-state index in [1.807, 2.05) is 36.4 Å². The Morgan fingerprint density at radius 1 is 0.857 bits per heavy atom. The van der Waals surface area contributed by atoms with Gasteiger partial charge in [0.2, 0.25) is 0 Å². The molecule has 0 radical (unpaired) electrons. The van der Waals surface area contributed by atoms with Crippen molar-refractivity contribution in [3.63, 3.8) is 0 Å². The third-order valence-electron chi connectivity index (χ3n) is 3.84. The summed E-state index contributed by atoms with van der Waals surface area (Å²) in [6.45, 7) is 4.26. The van der Waals surface area contributed by atoms with Crippen molar-refractivity contribution in [1.82, 2.24) is 0 Å². The smallest absolute Gasteiger partial charge is 0.0800 e. The third-order valence-corrected chi connectivity index (χ3v) is 3.84. The standard InChI is InChI=1S/C19H25NO/c1-14(2)13-17(20)19(21)18(15-9-5-3-6-10-15)16-11-7-4-8-12-16/h3-12,14,17-19,21H,13,20H2,1-2H3. The first-order valence-corrected chi connectivity index (χ1v) is 7.63. The Hall–Kier alpha value is -1.64. The second-order valence-electron chi connectivity index (χ2n) is 6.08. The van der Waals surface area contributed by atoms with Gasteiger partial charge in [-0.05, 0) is 23.5 Å². The molecule has 0 aliphatic carbocycles. The molecule has 2 nitrogen and oxygen atoms in total. The van der Waals surface area contributed by atoms with Crippen LogP contribution in [0.5, 0.6) is 0 Å². The summed E-state index contributed by atoms with van der Waals surface area (Å²) in [5, 5.41) is 10.8. The van der Waals surface area contributed by atoms with Crippen LogP contribution in [0.1, 0.15) is 37.3 Å². The fourth-order valence-electron chi connectivity index (χ4n) is 2.84. The molecule has 2 unspecified atom stereocenters. The predicted molar refractivity (Wildman–Crippen MR) is 88.2 cm³/mol. The Balaban J connectivity index is 2.33. The van der Waals surface area contributed by atoms with E-state index in [1.165, 1.54) is 0 Å². The highest BCUT2D eigenvalue weighted by molar-refractivity contribution is 5.34. The van der Waals surface area contributed by atoms with Crippen LogP contribution < -0.4 is 5.73 Å². The van der Waals surface area contributed by atoms with E-state index >= 15 is 0 Å². The topological polar surface area (TPSA) is 46.2 Å². The number of benzene rings is 2. The lowest BCUT2D eigenvalue weighted by molar-refractivity contribution is 0.118. The lowest BCUT2D eigenvalue weighted by atomic mass is 9.82. The summed E-state index contributed by atoms with van der Waals surface area (Å²) < 4.78 is 0. The summed E-state index contributed by atoms with van der Waals surface area (Å²) >= 11 is 0. The molecular formula is C19H25NO. The van der Waals surface area contributed by atoms with Gasteiger partial charge in [0.1, 0.15) is 0 Å². The number of hydrogen-bond donors (Lipinski definition) is 2. The molecule has 0 fully saturated rings. The van der Waals surface area contributed by atoms with Gasteiger partial charge in [-0.2, -0.15) is 0 Å². The van der Waals surface area contributed by atoms with E-state index in [9.17, 15) is 5.11 Å². The van der Waals surface area contributed by atoms with Crippen molar-refractivity contribution in [3.8, 4) is 0 Å². The summed E-state index contributed by atoms with van der Waals surface area (Å²) in [4.78, 5) is 0. The Kier molecular flexibility index (Phi) is 5.54. The summed E-state index contributed by atoms with van der Waals surface area (Å²) in [6.07, 6.45) is 0.231. The lowest BCUT2D eigenvalue weighted by Crippen LogP contribution is -2.40. The average Bonchev–Trinajstić information content (AvgIpc) is 2.49. The van der Waals surface area contributed by atoms with Gasteiger partial charge in [-0.3, -0.25) is 0 Å². The SMILES string of the molecule is CC(C)CC(N)C(O)C(c1ccccc1)c1ccccc1. The van der Waals surface area contributed by atoms with Crippen molar-refractivity contribution in [2.45, 2.75) is 38.3 Å². The largest absolute Gasteiger partial charge is 0.391 e. The van der Waals surface area contributed by atoms with Crippen molar-refractivity contribution < 1.29 is 5.11 Å². The van der Waals surface area contributed by atoms with Crippen LogP contribution in [0.3, 0.4) is 0 Å². The zero-order valence-electron chi connectivity index (χ0n) is 12.8. The van der Waals surface area contributed by atoms with Crippen LogP contribution in [0.2, 0.25) is 0 Å². The van der Waals surface area contributed by atoms with E-state index in [4.69, 9.17) is 5.73 Å². The van der Waals surface area contributed by atoms with Gasteiger partial charge in [-0.15, -0.1) is 0 Å². The highest BCUT2D eigenvalue weighted by Crippen LogP contribution is 2.30. The maximum Gasteiger partial charge on any atom is 0.0800 e. The van der Waals surface area contributed by atoms with E-state index in [2.05, 4.69) is 38.1 Å². The molecular weight excluding hydrogens is 258 g/mol. The van der Waals surface area contributed by atoms with Crippen LogP contribution in [0.15, 0.2) is 60.7 Å². The third kappa shape index (κ3) is 4.16. The van der Waals surface area contributed by atoms with Crippen LogP contribution in [-0.2, 0) is 0 Å². The summed E-state index contributed by atoms with van der Waals surface area (Å²) in [6, 6.07) is 20.0. The fraction of sp³-hybridized carbons (Fsp3) is 0.368. The fourth-order valence-corrected chi connectivity index (χ4v) is 2.84. The Bertz CT molecular complexity index is 484. The number of rotatable bonds is 6. The minimum atomic E-state index is -0.586.